The Bertz CT molecular complexity index is 1060. The number of amides is 2. The van der Waals surface area contributed by atoms with Gasteiger partial charge in [0.2, 0.25) is 15.9 Å². The second-order valence-electron chi connectivity index (χ2n) is 6.12. The van der Waals surface area contributed by atoms with E-state index in [-0.39, 0.29) is 22.0 Å². The summed E-state index contributed by atoms with van der Waals surface area (Å²) in [6, 6.07) is 5.86. The second kappa shape index (κ2) is 7.48. The number of para-hydroxylation sites is 1. The van der Waals surface area contributed by atoms with E-state index < -0.39 is 47.6 Å². The molecule has 0 saturated heterocycles. The van der Waals surface area contributed by atoms with Crippen LogP contribution >= 0.6 is 0 Å². The highest BCUT2D eigenvalue weighted by Crippen LogP contribution is 2.31. The highest BCUT2D eigenvalue weighted by molar-refractivity contribution is 7.89. The van der Waals surface area contributed by atoms with Gasteiger partial charge in [0.1, 0.15) is 17.8 Å². The molecule has 2 heterocycles. The highest BCUT2D eigenvalue weighted by Gasteiger charge is 2.36. The number of imidazole rings is 1. The fourth-order valence-corrected chi connectivity index (χ4v) is 4.37. The van der Waals surface area contributed by atoms with Gasteiger partial charge in [0.25, 0.3) is 5.91 Å². The predicted molar refractivity (Wildman–Crippen MR) is 93.6 cm³/mol. The normalized spacial score (nSPS) is 15.7. The molecule has 0 bridgehead atoms. The van der Waals surface area contributed by atoms with Crippen molar-refractivity contribution in [3.63, 3.8) is 0 Å². The summed E-state index contributed by atoms with van der Waals surface area (Å²) in [7, 11) is -2.79. The molecule has 0 fully saturated rings. The van der Waals surface area contributed by atoms with Crippen LogP contribution in [0.3, 0.4) is 0 Å². The molecule has 0 radical (unpaired) electrons. The standard InChI is InChI=1S/C16H16F3N5O4S/c1-20-13(25)7-23-6-11-14(15(26)21-8-16(17,18)19)22-9-24(11)10-4-2-3-5-12(10)29(23,27)28/h2-5,9H,6-8H2,1H3,(H,20,25)(H,21,26). The largest absolute Gasteiger partial charge is 0.405 e. The van der Waals surface area contributed by atoms with Gasteiger partial charge in [-0.2, -0.15) is 17.5 Å². The molecule has 3 rings (SSSR count). The summed E-state index contributed by atoms with van der Waals surface area (Å²) in [4.78, 5) is 27.9. The number of likely N-dealkylation sites (N-methyl/N-ethyl adjacent to an activating group) is 1. The van der Waals surface area contributed by atoms with Gasteiger partial charge in [0, 0.05) is 7.05 Å². The van der Waals surface area contributed by atoms with Crippen molar-refractivity contribution >= 4 is 21.8 Å². The molecule has 2 N–H and O–H groups in total. The van der Waals surface area contributed by atoms with E-state index in [1.165, 1.54) is 29.8 Å². The van der Waals surface area contributed by atoms with Crippen LogP contribution in [0.2, 0.25) is 0 Å². The minimum atomic E-state index is -4.62. The van der Waals surface area contributed by atoms with Gasteiger partial charge in [-0.3, -0.25) is 14.2 Å². The Balaban J connectivity index is 2.10. The quantitative estimate of drug-likeness (QED) is 0.728. The number of benzene rings is 1. The number of halogens is 3. The molecule has 29 heavy (non-hydrogen) atoms. The van der Waals surface area contributed by atoms with Crippen molar-refractivity contribution in [1.82, 2.24) is 24.5 Å². The number of carbonyl (C=O) groups excluding carboxylic acids is 2. The van der Waals surface area contributed by atoms with Crippen molar-refractivity contribution in [2.75, 3.05) is 20.1 Å². The fourth-order valence-electron chi connectivity index (χ4n) is 2.83. The number of nitrogens with zero attached hydrogens (tertiary/aromatic N) is 3. The number of hydrogen-bond donors (Lipinski definition) is 2. The van der Waals surface area contributed by atoms with Gasteiger partial charge < -0.3 is 10.6 Å². The third-order valence-electron chi connectivity index (χ3n) is 4.20. The van der Waals surface area contributed by atoms with Crippen LogP contribution in [0, 0.1) is 0 Å². The molecule has 1 aliphatic rings. The monoisotopic (exact) mass is 431 g/mol. The van der Waals surface area contributed by atoms with Gasteiger partial charge >= 0.3 is 6.18 Å². The first kappa shape index (κ1) is 20.8. The molecule has 0 spiro atoms. The minimum Gasteiger partial charge on any atom is -0.358 e. The molecule has 13 heteroatoms. The van der Waals surface area contributed by atoms with Gasteiger partial charge in [-0.05, 0) is 12.1 Å². The lowest BCUT2D eigenvalue weighted by atomic mass is 10.2. The molecule has 1 aromatic heterocycles. The highest BCUT2D eigenvalue weighted by atomic mass is 32.2. The van der Waals surface area contributed by atoms with Gasteiger partial charge in [-0.25, -0.2) is 13.4 Å². The van der Waals surface area contributed by atoms with E-state index in [0.717, 1.165) is 10.6 Å². The zero-order valence-electron chi connectivity index (χ0n) is 15.0. The van der Waals surface area contributed by atoms with Crippen molar-refractivity contribution < 1.29 is 31.2 Å². The van der Waals surface area contributed by atoms with Crippen LogP contribution in [0.5, 0.6) is 0 Å². The van der Waals surface area contributed by atoms with E-state index in [1.807, 2.05) is 0 Å². The van der Waals surface area contributed by atoms with Gasteiger partial charge in [-0.15, -0.1) is 0 Å². The molecule has 0 unspecified atom stereocenters. The van der Waals surface area contributed by atoms with Crippen molar-refractivity contribution in [3.8, 4) is 5.69 Å². The second-order valence-corrected chi connectivity index (χ2v) is 8.03. The molecule has 2 aromatic rings. The number of aromatic nitrogens is 2. The first-order valence-corrected chi connectivity index (χ1v) is 9.70. The lowest BCUT2D eigenvalue weighted by Crippen LogP contribution is -2.39. The number of nitrogens with one attached hydrogen (secondary N) is 2. The number of carbonyl (C=O) groups is 2. The summed E-state index contributed by atoms with van der Waals surface area (Å²) in [6.45, 7) is -2.53. The maximum absolute atomic E-state index is 13.0. The Hall–Kier alpha value is -2.93. The third-order valence-corrected chi connectivity index (χ3v) is 6.04. The number of sulfonamides is 1. The van der Waals surface area contributed by atoms with Crippen LogP contribution in [0.25, 0.3) is 5.69 Å². The number of fused-ring (bicyclic) bond motifs is 3. The summed E-state index contributed by atoms with van der Waals surface area (Å²) < 4.78 is 65.5. The average molecular weight is 431 g/mol. The molecular formula is C16H16F3N5O4S. The van der Waals surface area contributed by atoms with Crippen LogP contribution in [0.4, 0.5) is 13.2 Å². The Kier molecular flexibility index (Phi) is 5.36. The Morgan fingerprint density at radius 3 is 2.59 bits per heavy atom. The summed E-state index contributed by atoms with van der Waals surface area (Å²) in [6.07, 6.45) is -3.46. The first-order valence-electron chi connectivity index (χ1n) is 8.26. The molecule has 9 nitrogen and oxygen atoms in total. The van der Waals surface area contributed by atoms with E-state index in [2.05, 4.69) is 10.3 Å². The Morgan fingerprint density at radius 1 is 1.24 bits per heavy atom. The zero-order chi connectivity index (χ0) is 21.4. The van der Waals surface area contributed by atoms with Crippen LogP contribution in [-0.4, -0.2) is 60.4 Å². The molecular weight excluding hydrogens is 415 g/mol. The topological polar surface area (TPSA) is 113 Å². The lowest BCUT2D eigenvalue weighted by Gasteiger charge is -2.19. The third kappa shape index (κ3) is 4.10. The smallest absolute Gasteiger partial charge is 0.358 e. The number of hydrogen-bond acceptors (Lipinski definition) is 5. The summed E-state index contributed by atoms with van der Waals surface area (Å²) in [5, 5.41) is 4.03. The van der Waals surface area contributed by atoms with Crippen LogP contribution in [-0.2, 0) is 21.4 Å². The molecule has 0 saturated carbocycles. The van der Waals surface area contributed by atoms with E-state index in [9.17, 15) is 31.2 Å². The molecule has 1 aromatic carbocycles. The minimum absolute atomic E-state index is 0.0436. The van der Waals surface area contributed by atoms with Crippen molar-refractivity contribution in [1.29, 1.82) is 0 Å². The molecule has 0 atom stereocenters. The van der Waals surface area contributed by atoms with Crippen LogP contribution in [0.1, 0.15) is 16.2 Å². The maximum Gasteiger partial charge on any atom is 0.405 e. The van der Waals surface area contributed by atoms with Crippen molar-refractivity contribution in [2.24, 2.45) is 0 Å². The van der Waals surface area contributed by atoms with Gasteiger partial charge in [0.05, 0.1) is 24.5 Å². The van der Waals surface area contributed by atoms with Crippen LogP contribution < -0.4 is 10.6 Å². The molecule has 1 aliphatic heterocycles. The van der Waals surface area contributed by atoms with E-state index in [0.29, 0.717) is 0 Å². The maximum atomic E-state index is 13.0. The predicted octanol–water partition coefficient (Wildman–Crippen LogP) is 0.415. The Labute approximate surface area is 163 Å². The SMILES string of the molecule is CNC(=O)CN1Cc2c(C(=O)NCC(F)(F)F)ncn2-c2ccccc2S1(=O)=O. The molecule has 0 aliphatic carbocycles. The van der Waals surface area contributed by atoms with Gasteiger partial charge in [0.15, 0.2) is 5.69 Å². The van der Waals surface area contributed by atoms with Crippen molar-refractivity contribution in [3.05, 3.63) is 42.0 Å². The van der Waals surface area contributed by atoms with Crippen molar-refractivity contribution in [2.45, 2.75) is 17.6 Å². The lowest BCUT2D eigenvalue weighted by molar-refractivity contribution is -0.123. The summed E-state index contributed by atoms with van der Waals surface area (Å²) in [5.41, 5.74) is -0.144. The zero-order valence-corrected chi connectivity index (χ0v) is 15.8. The van der Waals surface area contributed by atoms with Crippen LogP contribution in [0.15, 0.2) is 35.5 Å². The molecule has 156 valence electrons. The average Bonchev–Trinajstić information content (AvgIpc) is 3.04. The number of alkyl halides is 3. The molecule has 2 amide bonds. The van der Waals surface area contributed by atoms with E-state index in [4.69, 9.17) is 0 Å². The Morgan fingerprint density at radius 2 is 1.93 bits per heavy atom. The van der Waals surface area contributed by atoms with E-state index in [1.54, 1.807) is 11.4 Å². The first-order chi connectivity index (χ1) is 13.5. The van der Waals surface area contributed by atoms with E-state index >= 15 is 0 Å². The van der Waals surface area contributed by atoms with Gasteiger partial charge in [-0.1, -0.05) is 12.1 Å². The summed E-state index contributed by atoms with van der Waals surface area (Å²) in [5.74, 6) is -1.70. The summed E-state index contributed by atoms with van der Waals surface area (Å²) >= 11 is 0. The fraction of sp³-hybridized carbons (Fsp3) is 0.312. The number of rotatable bonds is 4.